The van der Waals surface area contributed by atoms with Crippen LogP contribution in [-0.4, -0.2) is 42.9 Å². The maximum absolute atomic E-state index is 11.4. The highest BCUT2D eigenvalue weighted by Gasteiger charge is 2.26. The first-order valence-corrected chi connectivity index (χ1v) is 6.57. The second kappa shape index (κ2) is 5.11. The quantitative estimate of drug-likeness (QED) is 0.749. The van der Waals surface area contributed by atoms with E-state index < -0.39 is 0 Å². The maximum atomic E-state index is 11.4. The van der Waals surface area contributed by atoms with E-state index in [-0.39, 0.29) is 5.78 Å². The van der Waals surface area contributed by atoms with Crippen LogP contribution in [0.2, 0.25) is 0 Å². The Morgan fingerprint density at radius 3 is 2.39 bits per heavy atom. The van der Waals surface area contributed by atoms with Crippen molar-refractivity contribution in [3.8, 4) is 0 Å². The van der Waals surface area contributed by atoms with Crippen LogP contribution >= 0.6 is 0 Å². The van der Waals surface area contributed by atoms with Crippen LogP contribution < -0.4 is 4.90 Å². The summed E-state index contributed by atoms with van der Waals surface area (Å²) in [4.78, 5) is 16.2. The van der Waals surface area contributed by atoms with Crippen molar-refractivity contribution in [3.63, 3.8) is 0 Å². The number of Topliss-reactive ketones (excluding diaryl/α,β-unsaturated/α-hetero) is 1. The number of benzene rings is 1. The van der Waals surface area contributed by atoms with Gasteiger partial charge >= 0.3 is 0 Å². The van der Waals surface area contributed by atoms with E-state index in [1.54, 1.807) is 6.92 Å². The average Bonchev–Trinajstić information content (AvgIpc) is 2.35. The molecule has 1 aliphatic rings. The number of nitrogens with zero attached hydrogens (tertiary/aromatic N) is 2. The second-order valence-electron chi connectivity index (χ2n) is 5.38. The van der Waals surface area contributed by atoms with Gasteiger partial charge in [-0.2, -0.15) is 0 Å². The smallest absolute Gasteiger partial charge is 0.159 e. The molecule has 98 valence electrons. The van der Waals surface area contributed by atoms with Gasteiger partial charge in [0.05, 0.1) is 0 Å². The molecule has 1 heterocycles. The van der Waals surface area contributed by atoms with E-state index in [1.807, 2.05) is 18.2 Å². The number of carbonyl (C=O) groups is 1. The predicted molar refractivity (Wildman–Crippen MR) is 75.3 cm³/mol. The summed E-state index contributed by atoms with van der Waals surface area (Å²) in [7, 11) is 2.18. The number of anilines is 1. The van der Waals surface area contributed by atoms with Crippen molar-refractivity contribution >= 4 is 11.5 Å². The van der Waals surface area contributed by atoms with Gasteiger partial charge < -0.3 is 4.90 Å². The predicted octanol–water partition coefficient (Wildman–Crippen LogP) is 2.42. The molecule has 3 nitrogen and oxygen atoms in total. The maximum Gasteiger partial charge on any atom is 0.159 e. The third-order valence-corrected chi connectivity index (χ3v) is 3.98. The van der Waals surface area contributed by atoms with Gasteiger partial charge in [0.15, 0.2) is 5.78 Å². The highest BCUT2D eigenvalue weighted by atomic mass is 16.1. The zero-order valence-corrected chi connectivity index (χ0v) is 11.7. The van der Waals surface area contributed by atoms with E-state index in [1.165, 1.54) is 0 Å². The highest BCUT2D eigenvalue weighted by Crippen LogP contribution is 2.22. The molecule has 0 bridgehead atoms. The molecule has 2 atom stereocenters. The van der Waals surface area contributed by atoms with Crippen molar-refractivity contribution < 1.29 is 4.79 Å². The summed E-state index contributed by atoms with van der Waals surface area (Å²) in [5.41, 5.74) is 1.96. The lowest BCUT2D eigenvalue weighted by Crippen LogP contribution is -2.55. The SMILES string of the molecule is CC(=O)c1cccc(N2C[C@@H](C)N(C)[C@@H](C)C2)c1. The number of likely N-dealkylation sites (N-methyl/N-ethyl adjacent to an activating group) is 1. The van der Waals surface area contributed by atoms with Gasteiger partial charge in [0, 0.05) is 36.4 Å². The Morgan fingerprint density at radius 1 is 1.22 bits per heavy atom. The largest absolute Gasteiger partial charge is 0.368 e. The van der Waals surface area contributed by atoms with Gasteiger partial charge in [0.2, 0.25) is 0 Å². The first-order valence-electron chi connectivity index (χ1n) is 6.57. The van der Waals surface area contributed by atoms with E-state index in [0.29, 0.717) is 12.1 Å². The minimum absolute atomic E-state index is 0.132. The van der Waals surface area contributed by atoms with Crippen LogP contribution in [0.25, 0.3) is 0 Å². The molecule has 0 saturated carbocycles. The molecule has 1 saturated heterocycles. The van der Waals surface area contributed by atoms with E-state index in [9.17, 15) is 4.79 Å². The fraction of sp³-hybridized carbons (Fsp3) is 0.533. The standard InChI is InChI=1S/C15H22N2O/c1-11-9-17(10-12(2)16(11)4)15-7-5-6-14(8-15)13(3)18/h5-8,11-12H,9-10H2,1-4H3/t11-,12+. The van der Waals surface area contributed by atoms with Crippen LogP contribution in [-0.2, 0) is 0 Å². The molecule has 1 aliphatic heterocycles. The van der Waals surface area contributed by atoms with Crippen LogP contribution in [0.15, 0.2) is 24.3 Å². The zero-order chi connectivity index (χ0) is 13.3. The van der Waals surface area contributed by atoms with Crippen molar-refractivity contribution in [2.75, 3.05) is 25.0 Å². The molecule has 0 aliphatic carbocycles. The Morgan fingerprint density at radius 2 is 1.83 bits per heavy atom. The van der Waals surface area contributed by atoms with Crippen LogP contribution in [0.4, 0.5) is 5.69 Å². The second-order valence-corrected chi connectivity index (χ2v) is 5.38. The van der Waals surface area contributed by atoms with Crippen molar-refractivity contribution in [2.45, 2.75) is 32.9 Å². The third-order valence-electron chi connectivity index (χ3n) is 3.98. The van der Waals surface area contributed by atoms with Gasteiger partial charge in [-0.1, -0.05) is 12.1 Å². The Labute approximate surface area is 109 Å². The van der Waals surface area contributed by atoms with E-state index in [2.05, 4.69) is 36.8 Å². The Hall–Kier alpha value is -1.35. The topological polar surface area (TPSA) is 23.6 Å². The molecule has 0 unspecified atom stereocenters. The molecule has 0 spiro atoms. The Bertz CT molecular complexity index is 432. The van der Waals surface area contributed by atoms with Gasteiger partial charge in [-0.25, -0.2) is 0 Å². The van der Waals surface area contributed by atoms with Crippen LogP contribution in [0, 0.1) is 0 Å². The lowest BCUT2D eigenvalue weighted by molar-refractivity contribution is 0.101. The first-order chi connectivity index (χ1) is 8.49. The lowest BCUT2D eigenvalue weighted by Gasteiger charge is -2.43. The molecule has 18 heavy (non-hydrogen) atoms. The minimum Gasteiger partial charge on any atom is -0.368 e. The fourth-order valence-corrected chi connectivity index (χ4v) is 2.54. The number of rotatable bonds is 2. The van der Waals surface area contributed by atoms with Gasteiger partial charge in [0.1, 0.15) is 0 Å². The molecule has 1 fully saturated rings. The van der Waals surface area contributed by atoms with Crippen molar-refractivity contribution in [3.05, 3.63) is 29.8 Å². The van der Waals surface area contributed by atoms with Gasteiger partial charge in [-0.15, -0.1) is 0 Å². The molecular weight excluding hydrogens is 224 g/mol. The molecule has 0 N–H and O–H groups in total. The molecule has 1 aromatic carbocycles. The molecule has 1 aromatic rings. The summed E-state index contributed by atoms with van der Waals surface area (Å²) in [6.45, 7) is 8.15. The summed E-state index contributed by atoms with van der Waals surface area (Å²) in [5.74, 6) is 0.132. The summed E-state index contributed by atoms with van der Waals surface area (Å²) in [5, 5.41) is 0. The molecule has 0 amide bonds. The summed E-state index contributed by atoms with van der Waals surface area (Å²) in [6.07, 6.45) is 0. The number of piperazine rings is 1. The molecule has 0 radical (unpaired) electrons. The third kappa shape index (κ3) is 2.56. The molecule has 3 heteroatoms. The fourth-order valence-electron chi connectivity index (χ4n) is 2.54. The normalized spacial score (nSPS) is 25.2. The lowest BCUT2D eigenvalue weighted by atomic mass is 10.1. The van der Waals surface area contributed by atoms with Gasteiger partial charge in [-0.3, -0.25) is 9.69 Å². The number of hydrogen-bond acceptors (Lipinski definition) is 3. The summed E-state index contributed by atoms with van der Waals surface area (Å²) in [6, 6.07) is 9.03. The van der Waals surface area contributed by atoms with E-state index in [4.69, 9.17) is 0 Å². The van der Waals surface area contributed by atoms with Crippen molar-refractivity contribution in [2.24, 2.45) is 0 Å². The average molecular weight is 246 g/mol. The van der Waals surface area contributed by atoms with Gasteiger partial charge in [0.25, 0.3) is 0 Å². The van der Waals surface area contributed by atoms with Crippen LogP contribution in [0.1, 0.15) is 31.1 Å². The van der Waals surface area contributed by atoms with E-state index in [0.717, 1.165) is 24.3 Å². The van der Waals surface area contributed by atoms with E-state index >= 15 is 0 Å². The van der Waals surface area contributed by atoms with Crippen molar-refractivity contribution in [1.29, 1.82) is 0 Å². The van der Waals surface area contributed by atoms with Gasteiger partial charge in [-0.05, 0) is 40.0 Å². The van der Waals surface area contributed by atoms with Crippen LogP contribution in [0.5, 0.6) is 0 Å². The number of hydrogen-bond donors (Lipinski definition) is 0. The molecular formula is C15H22N2O. The Balaban J connectivity index is 2.21. The molecule has 2 rings (SSSR count). The first kappa shape index (κ1) is 13.1. The Kier molecular flexibility index (Phi) is 3.71. The zero-order valence-electron chi connectivity index (χ0n) is 11.7. The monoisotopic (exact) mass is 246 g/mol. The minimum atomic E-state index is 0.132. The highest BCUT2D eigenvalue weighted by molar-refractivity contribution is 5.95. The number of ketones is 1. The summed E-state index contributed by atoms with van der Waals surface area (Å²) >= 11 is 0. The summed E-state index contributed by atoms with van der Waals surface area (Å²) < 4.78 is 0. The van der Waals surface area contributed by atoms with Crippen molar-refractivity contribution in [1.82, 2.24) is 4.90 Å². The number of carbonyl (C=O) groups excluding carboxylic acids is 1. The van der Waals surface area contributed by atoms with Crippen LogP contribution in [0.3, 0.4) is 0 Å². The molecule has 0 aromatic heterocycles.